The summed E-state index contributed by atoms with van der Waals surface area (Å²) in [7, 11) is 0.161. The van der Waals surface area contributed by atoms with Crippen molar-refractivity contribution in [2.24, 2.45) is 0 Å². The molecule has 0 amide bonds. The van der Waals surface area contributed by atoms with Gasteiger partial charge in [-0.05, 0) is 5.54 Å². The summed E-state index contributed by atoms with van der Waals surface area (Å²) in [4.78, 5) is 0. The molecule has 0 aromatic heterocycles. The lowest BCUT2D eigenvalue weighted by Gasteiger charge is -1.87. The van der Waals surface area contributed by atoms with Crippen LogP contribution in [0.4, 0.5) is 0 Å². The van der Waals surface area contributed by atoms with Crippen molar-refractivity contribution in [3.8, 4) is 0 Å². The molecule has 0 nitrogen and oxygen atoms in total. The Morgan fingerprint density at radius 1 is 1.60 bits per heavy atom. The smallest absolute Gasteiger partial charge is 0.101 e. The van der Waals surface area contributed by atoms with Gasteiger partial charge in [0.25, 0.3) is 0 Å². The molecule has 0 aromatic rings. The van der Waals surface area contributed by atoms with Crippen molar-refractivity contribution >= 4 is 23.4 Å². The van der Waals surface area contributed by atoms with E-state index in [4.69, 9.17) is 0 Å². The Hall–Kier alpha value is 0.697. The van der Waals surface area contributed by atoms with Crippen molar-refractivity contribution in [3.05, 3.63) is 0 Å². The molecule has 0 unspecified atom stereocenters. The average molecular weight is 153 g/mol. The summed E-state index contributed by atoms with van der Waals surface area (Å²) in [5, 5.41) is 0. The van der Waals surface area contributed by atoms with Gasteiger partial charge >= 0.3 is 0 Å². The van der Waals surface area contributed by atoms with Crippen LogP contribution in [0.3, 0.4) is 0 Å². The van der Waals surface area contributed by atoms with E-state index in [0.717, 1.165) is 5.54 Å². The summed E-state index contributed by atoms with van der Waals surface area (Å²) < 4.78 is 0. The molecule has 5 heavy (non-hydrogen) atoms. The van der Waals surface area contributed by atoms with Gasteiger partial charge in [0.15, 0.2) is 0 Å². The van der Waals surface area contributed by atoms with Crippen LogP contribution in [0.25, 0.3) is 0 Å². The first kappa shape index (κ1) is 5.70. The highest BCUT2D eigenvalue weighted by molar-refractivity contribution is 9.23. The van der Waals surface area contributed by atoms with E-state index >= 15 is 0 Å². The summed E-state index contributed by atoms with van der Waals surface area (Å²) in [6, 6.07) is 0. The normalized spacial score (nSPS) is 12.0. The minimum absolute atomic E-state index is 0.161. The van der Waals surface area contributed by atoms with Crippen LogP contribution < -0.4 is 0 Å². The third kappa shape index (κ3) is 4.70. The molecular weight excluding hydrogens is 144 g/mol. The third-order valence-corrected chi connectivity index (χ3v) is 4.81. The second-order valence-electron chi connectivity index (χ2n) is 1.55. The zero-order valence-corrected chi connectivity index (χ0v) is 6.66. The minimum Gasteiger partial charge on any atom is -0.135 e. The fourth-order valence-corrected chi connectivity index (χ4v) is 0. The largest absolute Gasteiger partial charge is 0.135 e. The number of rotatable bonds is 1. The molecule has 0 rings (SSSR count). The van der Waals surface area contributed by atoms with Crippen molar-refractivity contribution in [2.75, 3.05) is 0 Å². The second kappa shape index (κ2) is 2.91. The maximum absolute atomic E-state index is 3.45. The Bertz CT molecular complexity index is 20.9. The van der Waals surface area contributed by atoms with E-state index in [-0.39, 0.29) is 8.14 Å². The highest BCUT2D eigenvalue weighted by Gasteiger charge is 1.83. The van der Waals surface area contributed by atoms with E-state index in [1.807, 2.05) is 0 Å². The highest BCUT2D eigenvalue weighted by atomic mass is 79.9. The van der Waals surface area contributed by atoms with Gasteiger partial charge in [-0.1, -0.05) is 13.8 Å². The van der Waals surface area contributed by atoms with E-state index in [2.05, 4.69) is 29.1 Å². The van der Waals surface area contributed by atoms with Crippen LogP contribution in [0, 0.1) is 0 Å². The third-order valence-electron chi connectivity index (χ3n) is 0.309. The Labute approximate surface area is 43.4 Å². The molecule has 0 aliphatic carbocycles. The van der Waals surface area contributed by atoms with Gasteiger partial charge in [0.2, 0.25) is 0 Å². The highest BCUT2D eigenvalue weighted by Crippen LogP contribution is 1.98. The van der Waals surface area contributed by atoms with Gasteiger partial charge in [-0.25, -0.2) is 0 Å². The Morgan fingerprint density at radius 3 is 1.80 bits per heavy atom. The molecule has 0 aromatic carbocycles. The van der Waals surface area contributed by atoms with Crippen molar-refractivity contribution in [2.45, 2.75) is 19.4 Å². The molecule has 0 atom stereocenters. The van der Waals surface area contributed by atoms with Crippen molar-refractivity contribution in [3.63, 3.8) is 0 Å². The molecule has 0 radical (unpaired) electrons. The van der Waals surface area contributed by atoms with Crippen LogP contribution in [0.2, 0.25) is 5.54 Å². The first-order chi connectivity index (χ1) is 2.27. The van der Waals surface area contributed by atoms with E-state index in [9.17, 15) is 0 Å². The van der Waals surface area contributed by atoms with Crippen LogP contribution in [0.5, 0.6) is 0 Å². The van der Waals surface area contributed by atoms with Crippen LogP contribution in [-0.4, -0.2) is 8.14 Å². The minimum atomic E-state index is 0.161. The fourth-order valence-electron chi connectivity index (χ4n) is 0. The van der Waals surface area contributed by atoms with E-state index in [0.29, 0.717) is 0 Å². The topological polar surface area (TPSA) is 0 Å². The lowest BCUT2D eigenvalue weighted by Crippen LogP contribution is -1.79. The molecule has 0 spiro atoms. The lowest BCUT2D eigenvalue weighted by molar-refractivity contribution is 1.07. The predicted molar refractivity (Wildman–Crippen MR) is 32.6 cm³/mol. The number of halogens is 1. The molecule has 0 saturated heterocycles. The van der Waals surface area contributed by atoms with Crippen molar-refractivity contribution < 1.29 is 0 Å². The maximum Gasteiger partial charge on any atom is 0.101 e. The van der Waals surface area contributed by atoms with Crippen LogP contribution in [0.1, 0.15) is 13.8 Å². The molecule has 0 N–H and O–H groups in total. The molecular formula is C3H9BrSi. The zero-order valence-electron chi connectivity index (χ0n) is 3.66. The lowest BCUT2D eigenvalue weighted by atomic mass is 10.6. The van der Waals surface area contributed by atoms with Crippen molar-refractivity contribution in [1.82, 2.24) is 0 Å². The summed E-state index contributed by atoms with van der Waals surface area (Å²) in [6.07, 6.45) is 0. The summed E-state index contributed by atoms with van der Waals surface area (Å²) in [5.41, 5.74) is 0.940. The Balaban J connectivity index is 2.54. The Kier molecular flexibility index (Phi) is 3.32. The fraction of sp³-hybridized carbons (Fsp3) is 1.00. The van der Waals surface area contributed by atoms with Gasteiger partial charge in [0.1, 0.15) is 8.14 Å². The monoisotopic (exact) mass is 152 g/mol. The Morgan fingerprint density at radius 2 is 1.80 bits per heavy atom. The van der Waals surface area contributed by atoms with E-state index in [1.165, 1.54) is 0 Å². The van der Waals surface area contributed by atoms with Crippen LogP contribution in [0.15, 0.2) is 0 Å². The van der Waals surface area contributed by atoms with Crippen LogP contribution in [-0.2, 0) is 0 Å². The maximum atomic E-state index is 3.45. The molecule has 32 valence electrons. The van der Waals surface area contributed by atoms with Crippen LogP contribution >= 0.6 is 15.3 Å². The van der Waals surface area contributed by atoms with Gasteiger partial charge in [0, 0.05) is 0 Å². The van der Waals surface area contributed by atoms with E-state index < -0.39 is 0 Å². The van der Waals surface area contributed by atoms with E-state index in [1.54, 1.807) is 0 Å². The predicted octanol–water partition coefficient (Wildman–Crippen LogP) is 1.29. The standard InChI is InChI=1S/C3H9BrSi/c1-3(2)5-4/h3H,5H2,1-2H3. The second-order valence-corrected chi connectivity index (χ2v) is 5.43. The van der Waals surface area contributed by atoms with Gasteiger partial charge in [-0.2, -0.15) is 0 Å². The molecule has 0 fully saturated rings. The van der Waals surface area contributed by atoms with Gasteiger partial charge in [-0.3, -0.25) is 0 Å². The van der Waals surface area contributed by atoms with Crippen molar-refractivity contribution in [1.29, 1.82) is 0 Å². The molecule has 2 heteroatoms. The van der Waals surface area contributed by atoms with Gasteiger partial charge in [0.05, 0.1) is 0 Å². The quantitative estimate of drug-likeness (QED) is 0.393. The molecule has 0 bridgehead atoms. The summed E-state index contributed by atoms with van der Waals surface area (Å²) >= 11 is 3.45. The van der Waals surface area contributed by atoms with Gasteiger partial charge < -0.3 is 0 Å². The molecule has 0 heterocycles. The zero-order chi connectivity index (χ0) is 4.28. The molecule has 0 aliphatic heterocycles. The SMILES string of the molecule is CC(C)[SiH2]Br. The first-order valence-corrected chi connectivity index (χ1v) is 6.55. The van der Waals surface area contributed by atoms with Gasteiger partial charge in [-0.15, -0.1) is 15.3 Å². The molecule has 0 saturated carbocycles. The summed E-state index contributed by atoms with van der Waals surface area (Å²) in [5.74, 6) is 0. The first-order valence-electron chi connectivity index (χ1n) is 1.83. The number of hydrogen-bond acceptors (Lipinski definition) is 0. The summed E-state index contributed by atoms with van der Waals surface area (Å²) in [6.45, 7) is 4.47. The molecule has 0 aliphatic rings. The number of hydrogen-bond donors (Lipinski definition) is 0. The average Bonchev–Trinajstić information content (AvgIpc) is 1.38.